The predicted octanol–water partition coefficient (Wildman–Crippen LogP) is 5.44. The van der Waals surface area contributed by atoms with Gasteiger partial charge in [0.15, 0.2) is 0 Å². The van der Waals surface area contributed by atoms with Gasteiger partial charge in [-0.25, -0.2) is 9.59 Å². The average Bonchev–Trinajstić information content (AvgIpc) is 2.65. The van der Waals surface area contributed by atoms with Crippen molar-refractivity contribution < 1.29 is 19.1 Å². The van der Waals surface area contributed by atoms with Gasteiger partial charge < -0.3 is 14.8 Å². The first-order valence-corrected chi connectivity index (χ1v) is 10.8. The molecule has 2 atom stereocenters. The van der Waals surface area contributed by atoms with Gasteiger partial charge in [-0.15, -0.1) is 11.6 Å². The summed E-state index contributed by atoms with van der Waals surface area (Å²) in [6.07, 6.45) is 11.1. The van der Waals surface area contributed by atoms with Crippen LogP contribution >= 0.6 is 11.6 Å². The Bertz CT molecular complexity index is 366. The van der Waals surface area contributed by atoms with Crippen LogP contribution in [0.3, 0.4) is 0 Å². The van der Waals surface area contributed by atoms with E-state index in [2.05, 4.69) is 12.2 Å². The molecule has 5 nitrogen and oxygen atoms in total. The van der Waals surface area contributed by atoms with Crippen LogP contribution in [0, 0.1) is 5.92 Å². The first-order valence-electron chi connectivity index (χ1n) is 10.2. The van der Waals surface area contributed by atoms with Crippen LogP contribution in [-0.2, 0) is 14.3 Å². The zero-order valence-electron chi connectivity index (χ0n) is 16.9. The third-order valence-corrected chi connectivity index (χ3v) is 4.70. The number of carbonyl (C=O) groups is 2. The van der Waals surface area contributed by atoms with E-state index in [-0.39, 0.29) is 24.4 Å². The molecule has 0 saturated carbocycles. The summed E-state index contributed by atoms with van der Waals surface area (Å²) >= 11 is 5.49. The van der Waals surface area contributed by atoms with Crippen molar-refractivity contribution >= 4 is 23.7 Å². The van der Waals surface area contributed by atoms with Crippen molar-refractivity contribution in [3.63, 3.8) is 0 Å². The van der Waals surface area contributed by atoms with Crippen LogP contribution in [-0.4, -0.2) is 37.2 Å². The molecule has 0 bridgehead atoms. The molecule has 26 heavy (non-hydrogen) atoms. The van der Waals surface area contributed by atoms with E-state index in [0.29, 0.717) is 6.61 Å². The maximum absolute atomic E-state index is 12.3. The number of alkyl halides is 1. The fraction of sp³-hybridized carbons (Fsp3) is 0.900. The quantitative estimate of drug-likeness (QED) is 0.216. The molecule has 0 fully saturated rings. The van der Waals surface area contributed by atoms with Crippen LogP contribution < -0.4 is 5.32 Å². The van der Waals surface area contributed by atoms with Gasteiger partial charge in [0.1, 0.15) is 12.6 Å². The number of halogens is 1. The minimum absolute atomic E-state index is 0.0193. The molecule has 0 saturated heterocycles. The number of rotatable bonds is 16. The molecule has 0 rings (SSSR count). The lowest BCUT2D eigenvalue weighted by molar-refractivity contribution is -0.147. The molecular weight excluding hydrogens is 354 g/mol. The minimum atomic E-state index is -0.679. The van der Waals surface area contributed by atoms with E-state index in [9.17, 15) is 9.59 Å². The second kappa shape index (κ2) is 17.4. The summed E-state index contributed by atoms with van der Waals surface area (Å²) in [7, 11) is 0. The number of hydrogen-bond acceptors (Lipinski definition) is 4. The van der Waals surface area contributed by atoms with Gasteiger partial charge in [0.25, 0.3) is 0 Å². The monoisotopic (exact) mass is 391 g/mol. The summed E-state index contributed by atoms with van der Waals surface area (Å²) in [5.41, 5.74) is 0. The van der Waals surface area contributed by atoms with E-state index < -0.39 is 12.1 Å². The summed E-state index contributed by atoms with van der Waals surface area (Å²) in [5.74, 6) is -0.180. The Labute approximate surface area is 164 Å². The Morgan fingerprint density at radius 3 is 2.00 bits per heavy atom. The van der Waals surface area contributed by atoms with Gasteiger partial charge in [-0.2, -0.15) is 0 Å². The number of nitrogens with one attached hydrogen (secondary N) is 1. The Morgan fingerprint density at radius 2 is 1.46 bits per heavy atom. The second-order valence-electron chi connectivity index (χ2n) is 6.83. The highest BCUT2D eigenvalue weighted by atomic mass is 35.5. The van der Waals surface area contributed by atoms with Crippen molar-refractivity contribution in [3.05, 3.63) is 0 Å². The van der Waals surface area contributed by atoms with E-state index in [1.807, 2.05) is 13.8 Å². The summed E-state index contributed by atoms with van der Waals surface area (Å²) in [6, 6.07) is -0.679. The summed E-state index contributed by atoms with van der Waals surface area (Å²) in [6.45, 7) is 6.63. The normalized spacial score (nSPS) is 13.1. The van der Waals surface area contributed by atoms with E-state index in [1.54, 1.807) is 0 Å². The van der Waals surface area contributed by atoms with Crippen molar-refractivity contribution in [2.24, 2.45) is 5.92 Å². The molecule has 0 heterocycles. The molecule has 0 spiro atoms. The molecule has 2 unspecified atom stereocenters. The molecule has 6 heteroatoms. The van der Waals surface area contributed by atoms with Crippen LogP contribution in [0.1, 0.15) is 85.0 Å². The first kappa shape index (κ1) is 25.0. The Morgan fingerprint density at radius 1 is 0.885 bits per heavy atom. The molecule has 1 amide bonds. The maximum atomic E-state index is 12.3. The molecule has 0 aromatic rings. The number of unbranched alkanes of at least 4 members (excludes halogenated alkanes) is 8. The minimum Gasteiger partial charge on any atom is -0.464 e. The third-order valence-electron chi connectivity index (χ3n) is 4.54. The van der Waals surface area contributed by atoms with E-state index in [0.717, 1.165) is 19.3 Å². The lowest BCUT2D eigenvalue weighted by atomic mass is 9.99. The van der Waals surface area contributed by atoms with Gasteiger partial charge in [-0.05, 0) is 12.3 Å². The van der Waals surface area contributed by atoms with Gasteiger partial charge in [-0.3, -0.25) is 0 Å². The Balaban J connectivity index is 3.94. The fourth-order valence-electron chi connectivity index (χ4n) is 2.64. The number of alkyl carbamates (subject to hydrolysis) is 1. The summed E-state index contributed by atoms with van der Waals surface area (Å²) in [5, 5.41) is 2.59. The molecule has 0 aromatic carbocycles. The smallest absolute Gasteiger partial charge is 0.407 e. The SMILES string of the molecule is CCCCCCCCCCCOC(=O)C(NC(=O)OCCCl)C(C)CC. The van der Waals surface area contributed by atoms with Gasteiger partial charge in [0, 0.05) is 0 Å². The van der Waals surface area contributed by atoms with E-state index >= 15 is 0 Å². The number of carbonyl (C=O) groups excluding carboxylic acids is 2. The lowest BCUT2D eigenvalue weighted by Gasteiger charge is -2.22. The number of hydrogen-bond donors (Lipinski definition) is 1. The fourth-order valence-corrected chi connectivity index (χ4v) is 2.72. The topological polar surface area (TPSA) is 64.6 Å². The molecular formula is C20H38ClNO4. The number of esters is 1. The van der Waals surface area contributed by atoms with Crippen LogP contribution in [0.2, 0.25) is 0 Å². The molecule has 0 aliphatic carbocycles. The van der Waals surface area contributed by atoms with Crippen LogP contribution in [0.5, 0.6) is 0 Å². The Hall–Kier alpha value is -0.970. The highest BCUT2D eigenvalue weighted by Gasteiger charge is 2.27. The van der Waals surface area contributed by atoms with Gasteiger partial charge in [0.2, 0.25) is 0 Å². The zero-order chi connectivity index (χ0) is 19.6. The number of amides is 1. The lowest BCUT2D eigenvalue weighted by Crippen LogP contribution is -2.46. The zero-order valence-corrected chi connectivity index (χ0v) is 17.6. The highest BCUT2D eigenvalue weighted by molar-refractivity contribution is 6.18. The molecule has 154 valence electrons. The van der Waals surface area contributed by atoms with Crippen LogP contribution in [0.25, 0.3) is 0 Å². The summed E-state index contributed by atoms with van der Waals surface area (Å²) in [4.78, 5) is 23.9. The van der Waals surface area contributed by atoms with Crippen molar-refractivity contribution in [1.29, 1.82) is 0 Å². The molecule has 0 aromatic heterocycles. The predicted molar refractivity (Wildman–Crippen MR) is 107 cm³/mol. The standard InChI is InChI=1S/C20H38ClNO4/c1-4-6-7-8-9-10-11-12-13-15-25-19(23)18(17(3)5-2)22-20(24)26-16-14-21/h17-18H,4-16H2,1-3H3,(H,22,24). The van der Waals surface area contributed by atoms with Crippen LogP contribution in [0.15, 0.2) is 0 Å². The van der Waals surface area contributed by atoms with Gasteiger partial charge in [-0.1, -0.05) is 78.6 Å². The third kappa shape index (κ3) is 13.3. The second-order valence-corrected chi connectivity index (χ2v) is 7.21. The van der Waals surface area contributed by atoms with Crippen molar-refractivity contribution in [2.45, 2.75) is 91.0 Å². The highest BCUT2D eigenvalue weighted by Crippen LogP contribution is 2.12. The molecule has 1 N–H and O–H groups in total. The average molecular weight is 392 g/mol. The number of ether oxygens (including phenoxy) is 2. The summed E-state index contributed by atoms with van der Waals surface area (Å²) < 4.78 is 10.2. The molecule has 0 radical (unpaired) electrons. The van der Waals surface area contributed by atoms with Crippen molar-refractivity contribution in [1.82, 2.24) is 5.32 Å². The van der Waals surface area contributed by atoms with Gasteiger partial charge >= 0.3 is 12.1 Å². The van der Waals surface area contributed by atoms with Gasteiger partial charge in [0.05, 0.1) is 12.5 Å². The Kier molecular flexibility index (Phi) is 16.8. The molecule has 0 aliphatic heterocycles. The first-order chi connectivity index (χ1) is 12.6. The van der Waals surface area contributed by atoms with Crippen LogP contribution in [0.4, 0.5) is 4.79 Å². The maximum Gasteiger partial charge on any atom is 0.407 e. The van der Waals surface area contributed by atoms with E-state index in [1.165, 1.54) is 44.9 Å². The van der Waals surface area contributed by atoms with Crippen molar-refractivity contribution in [2.75, 3.05) is 19.1 Å². The van der Waals surface area contributed by atoms with E-state index in [4.69, 9.17) is 21.1 Å². The largest absolute Gasteiger partial charge is 0.464 e. The van der Waals surface area contributed by atoms with Crippen molar-refractivity contribution in [3.8, 4) is 0 Å². The molecule has 0 aliphatic rings.